The van der Waals surface area contributed by atoms with E-state index in [2.05, 4.69) is 0 Å². The first-order chi connectivity index (χ1) is 7.26. The molecule has 16 heavy (non-hydrogen) atoms. The molecule has 1 fully saturated rings. The second kappa shape index (κ2) is 4.59. The van der Waals surface area contributed by atoms with Crippen LogP contribution >= 0.6 is 0 Å². The summed E-state index contributed by atoms with van der Waals surface area (Å²) in [5, 5.41) is 1.26. The Labute approximate surface area is 96.6 Å². The molecule has 0 aromatic heterocycles. The number of methoxy groups -OCH3 is 1. The van der Waals surface area contributed by atoms with Crippen LogP contribution in [0.15, 0.2) is 0 Å². The first-order valence-corrected chi connectivity index (χ1v) is 5.44. The highest BCUT2D eigenvalue weighted by atomic mass is 16.7. The van der Waals surface area contributed by atoms with E-state index in [-0.39, 0.29) is 5.60 Å². The number of carbonyl (C=O) groups excluding carboxylic acids is 1. The molecule has 1 aliphatic heterocycles. The number of ether oxygens (including phenoxy) is 2. The minimum absolute atomic E-state index is 0.307. The Kier molecular flexibility index (Phi) is 3.80. The third-order valence-corrected chi connectivity index (χ3v) is 2.46. The zero-order valence-corrected chi connectivity index (χ0v) is 10.7. The van der Waals surface area contributed by atoms with E-state index in [1.807, 2.05) is 27.7 Å². The minimum atomic E-state index is -0.498. The number of hydroxylamine groups is 2. The van der Waals surface area contributed by atoms with Crippen LogP contribution in [0.3, 0.4) is 0 Å². The Balaban J connectivity index is 2.45. The van der Waals surface area contributed by atoms with Gasteiger partial charge in [-0.05, 0) is 34.1 Å². The molecule has 0 N–H and O–H groups in total. The second-order valence-electron chi connectivity index (χ2n) is 5.26. The quantitative estimate of drug-likeness (QED) is 0.692. The van der Waals surface area contributed by atoms with Gasteiger partial charge < -0.3 is 9.47 Å². The summed E-state index contributed by atoms with van der Waals surface area (Å²) in [7, 11) is 1.65. The lowest BCUT2D eigenvalue weighted by atomic mass is 10.0. The van der Waals surface area contributed by atoms with Crippen molar-refractivity contribution in [1.82, 2.24) is 5.06 Å². The molecule has 0 aromatic carbocycles. The van der Waals surface area contributed by atoms with Crippen molar-refractivity contribution in [2.75, 3.05) is 20.3 Å². The molecule has 0 saturated carbocycles. The Bertz CT molecular complexity index is 251. The number of amides is 1. The van der Waals surface area contributed by atoms with Gasteiger partial charge in [-0.1, -0.05) is 0 Å². The number of hydrogen-bond acceptors (Lipinski definition) is 4. The third-order valence-electron chi connectivity index (χ3n) is 2.46. The summed E-state index contributed by atoms with van der Waals surface area (Å²) in [5.41, 5.74) is -0.805. The summed E-state index contributed by atoms with van der Waals surface area (Å²) in [5.74, 6) is 0. The van der Waals surface area contributed by atoms with E-state index in [1.165, 1.54) is 5.06 Å². The summed E-state index contributed by atoms with van der Waals surface area (Å²) in [4.78, 5) is 17.0. The van der Waals surface area contributed by atoms with Crippen LogP contribution in [0.5, 0.6) is 0 Å². The van der Waals surface area contributed by atoms with Gasteiger partial charge in [0.1, 0.15) is 12.2 Å². The highest BCUT2D eigenvalue weighted by Crippen LogP contribution is 2.22. The molecule has 5 heteroatoms. The van der Waals surface area contributed by atoms with Crippen LogP contribution in [-0.4, -0.2) is 42.6 Å². The van der Waals surface area contributed by atoms with Crippen molar-refractivity contribution in [3.8, 4) is 0 Å². The summed E-state index contributed by atoms with van der Waals surface area (Å²) in [6.07, 6.45) is 0.300. The predicted molar refractivity (Wildman–Crippen MR) is 58.9 cm³/mol. The molecule has 1 heterocycles. The number of carbonyl (C=O) groups is 1. The molecule has 0 spiro atoms. The SMILES string of the molecule is COC1(C)CCN(C(=O)OC(C)(C)C)OC1. The van der Waals surface area contributed by atoms with Gasteiger partial charge in [0.15, 0.2) is 0 Å². The van der Waals surface area contributed by atoms with E-state index in [0.717, 1.165) is 6.42 Å². The molecule has 0 aliphatic carbocycles. The Hall–Kier alpha value is -0.810. The maximum absolute atomic E-state index is 11.7. The van der Waals surface area contributed by atoms with Crippen molar-refractivity contribution in [3.63, 3.8) is 0 Å². The van der Waals surface area contributed by atoms with Gasteiger partial charge in [-0.3, -0.25) is 4.84 Å². The molecule has 1 saturated heterocycles. The van der Waals surface area contributed by atoms with Crippen molar-refractivity contribution in [2.45, 2.75) is 45.3 Å². The van der Waals surface area contributed by atoms with Crippen LogP contribution in [0.25, 0.3) is 0 Å². The monoisotopic (exact) mass is 231 g/mol. The van der Waals surface area contributed by atoms with Gasteiger partial charge in [-0.2, -0.15) is 5.06 Å². The maximum atomic E-state index is 11.7. The first kappa shape index (κ1) is 13.3. The van der Waals surface area contributed by atoms with Crippen LogP contribution in [-0.2, 0) is 14.3 Å². The fourth-order valence-electron chi connectivity index (χ4n) is 1.31. The Morgan fingerprint density at radius 2 is 2.06 bits per heavy atom. The van der Waals surface area contributed by atoms with Gasteiger partial charge in [0.25, 0.3) is 0 Å². The van der Waals surface area contributed by atoms with Gasteiger partial charge in [0.05, 0.1) is 12.1 Å². The summed E-state index contributed by atoms with van der Waals surface area (Å²) in [6, 6.07) is 0. The molecule has 1 atom stereocenters. The lowest BCUT2D eigenvalue weighted by Gasteiger charge is -2.37. The number of nitrogens with zero attached hydrogens (tertiary/aromatic N) is 1. The van der Waals surface area contributed by atoms with E-state index >= 15 is 0 Å². The van der Waals surface area contributed by atoms with Crippen LogP contribution in [0.4, 0.5) is 4.79 Å². The lowest BCUT2D eigenvalue weighted by molar-refractivity contribution is -0.225. The smallest absolute Gasteiger partial charge is 0.434 e. The highest BCUT2D eigenvalue weighted by Gasteiger charge is 2.34. The van der Waals surface area contributed by atoms with Gasteiger partial charge in [0, 0.05) is 7.11 Å². The van der Waals surface area contributed by atoms with Crippen molar-refractivity contribution in [1.29, 1.82) is 0 Å². The van der Waals surface area contributed by atoms with E-state index in [1.54, 1.807) is 7.11 Å². The normalized spacial score (nSPS) is 26.7. The standard InChI is InChI=1S/C11H21NO4/c1-10(2,3)16-9(13)12-7-6-11(4,14-5)8-15-12/h6-8H2,1-5H3. The average Bonchev–Trinajstić information content (AvgIpc) is 2.16. The number of hydrogen-bond donors (Lipinski definition) is 0. The fraction of sp³-hybridized carbons (Fsp3) is 0.909. The van der Waals surface area contributed by atoms with Crippen LogP contribution in [0, 0.1) is 0 Å². The molecular weight excluding hydrogens is 210 g/mol. The highest BCUT2D eigenvalue weighted by molar-refractivity contribution is 5.66. The summed E-state index contributed by atoms with van der Waals surface area (Å²) < 4.78 is 10.5. The van der Waals surface area contributed by atoms with E-state index in [0.29, 0.717) is 13.2 Å². The topological polar surface area (TPSA) is 48.0 Å². The van der Waals surface area contributed by atoms with Gasteiger partial charge in [0.2, 0.25) is 0 Å². The van der Waals surface area contributed by atoms with E-state index in [4.69, 9.17) is 14.3 Å². The molecule has 1 rings (SSSR count). The van der Waals surface area contributed by atoms with E-state index < -0.39 is 11.7 Å². The van der Waals surface area contributed by atoms with E-state index in [9.17, 15) is 4.79 Å². The Morgan fingerprint density at radius 1 is 1.44 bits per heavy atom. The van der Waals surface area contributed by atoms with Crippen LogP contribution in [0.2, 0.25) is 0 Å². The molecule has 94 valence electrons. The molecule has 0 radical (unpaired) electrons. The van der Waals surface area contributed by atoms with Gasteiger partial charge >= 0.3 is 6.09 Å². The summed E-state index contributed by atoms with van der Waals surface area (Å²) in [6.45, 7) is 8.29. The van der Waals surface area contributed by atoms with Crippen molar-refractivity contribution < 1.29 is 19.1 Å². The maximum Gasteiger partial charge on any atom is 0.434 e. The summed E-state index contributed by atoms with van der Waals surface area (Å²) >= 11 is 0. The van der Waals surface area contributed by atoms with Crippen LogP contribution in [0.1, 0.15) is 34.1 Å². The molecule has 1 aliphatic rings. The largest absolute Gasteiger partial charge is 0.442 e. The lowest BCUT2D eigenvalue weighted by Crippen LogP contribution is -2.49. The fourth-order valence-corrected chi connectivity index (χ4v) is 1.31. The second-order valence-corrected chi connectivity index (χ2v) is 5.26. The molecule has 5 nitrogen and oxygen atoms in total. The van der Waals surface area contributed by atoms with Gasteiger partial charge in [-0.25, -0.2) is 4.79 Å². The predicted octanol–water partition coefficient (Wildman–Crippen LogP) is 1.96. The minimum Gasteiger partial charge on any atom is -0.442 e. The first-order valence-electron chi connectivity index (χ1n) is 5.44. The molecule has 1 amide bonds. The van der Waals surface area contributed by atoms with Crippen molar-refractivity contribution in [2.24, 2.45) is 0 Å². The number of rotatable bonds is 1. The van der Waals surface area contributed by atoms with Crippen LogP contribution < -0.4 is 0 Å². The third kappa shape index (κ3) is 3.64. The zero-order chi connectivity index (χ0) is 12.4. The average molecular weight is 231 g/mol. The van der Waals surface area contributed by atoms with Gasteiger partial charge in [-0.15, -0.1) is 0 Å². The molecule has 0 bridgehead atoms. The zero-order valence-electron chi connectivity index (χ0n) is 10.7. The molecule has 0 aromatic rings. The Morgan fingerprint density at radius 3 is 2.44 bits per heavy atom. The van der Waals surface area contributed by atoms with Crippen molar-refractivity contribution in [3.05, 3.63) is 0 Å². The molecular formula is C11H21NO4. The van der Waals surface area contributed by atoms with Crippen molar-refractivity contribution >= 4 is 6.09 Å². The molecule has 1 unspecified atom stereocenters.